The van der Waals surface area contributed by atoms with Gasteiger partial charge >= 0.3 is 5.63 Å². The van der Waals surface area contributed by atoms with Gasteiger partial charge in [0.2, 0.25) is 0 Å². The molecule has 0 fully saturated rings. The van der Waals surface area contributed by atoms with E-state index in [0.29, 0.717) is 5.58 Å². The van der Waals surface area contributed by atoms with E-state index in [2.05, 4.69) is 50.7 Å². The number of thiol groups is 1. The Bertz CT molecular complexity index is 1170. The van der Waals surface area contributed by atoms with Crippen LogP contribution in [0.3, 0.4) is 0 Å². The Labute approximate surface area is 163 Å². The topological polar surface area (TPSA) is 30.2 Å². The summed E-state index contributed by atoms with van der Waals surface area (Å²) in [6.45, 7) is 4.16. The Morgan fingerprint density at radius 2 is 1.59 bits per heavy atom. The van der Waals surface area contributed by atoms with Crippen LogP contribution in [0.1, 0.15) is 16.7 Å². The molecule has 0 radical (unpaired) electrons. The Balaban J connectivity index is 2.05. The van der Waals surface area contributed by atoms with Crippen LogP contribution < -0.4 is 5.63 Å². The third kappa shape index (κ3) is 3.19. The number of hydrogen-bond donors (Lipinski definition) is 1. The molecule has 0 aliphatic carbocycles. The van der Waals surface area contributed by atoms with Crippen molar-refractivity contribution in [1.82, 2.24) is 0 Å². The van der Waals surface area contributed by atoms with Gasteiger partial charge in [-0.05, 0) is 53.3 Å². The van der Waals surface area contributed by atoms with E-state index < -0.39 is 0 Å². The van der Waals surface area contributed by atoms with Gasteiger partial charge in [0, 0.05) is 22.8 Å². The summed E-state index contributed by atoms with van der Waals surface area (Å²) in [7, 11) is 0. The molecule has 0 N–H and O–H groups in total. The van der Waals surface area contributed by atoms with E-state index >= 15 is 0 Å². The van der Waals surface area contributed by atoms with Crippen molar-refractivity contribution in [2.24, 2.45) is 0 Å². The van der Waals surface area contributed by atoms with E-state index in [1.54, 1.807) is 6.07 Å². The molecule has 0 saturated carbocycles. The van der Waals surface area contributed by atoms with Crippen LogP contribution in [0.25, 0.3) is 33.2 Å². The maximum atomic E-state index is 12.2. The average molecular weight is 372 g/mol. The van der Waals surface area contributed by atoms with Crippen molar-refractivity contribution in [3.8, 4) is 22.3 Å². The first-order valence-electron chi connectivity index (χ1n) is 8.92. The zero-order valence-corrected chi connectivity index (χ0v) is 16.2. The second-order valence-corrected chi connectivity index (χ2v) is 7.08. The lowest BCUT2D eigenvalue weighted by atomic mass is 9.89. The van der Waals surface area contributed by atoms with E-state index in [4.69, 9.17) is 4.42 Å². The van der Waals surface area contributed by atoms with Crippen molar-refractivity contribution in [2.45, 2.75) is 19.6 Å². The molecule has 0 saturated heterocycles. The van der Waals surface area contributed by atoms with Gasteiger partial charge in [-0.25, -0.2) is 4.79 Å². The third-order valence-corrected chi connectivity index (χ3v) is 5.36. The summed E-state index contributed by atoms with van der Waals surface area (Å²) in [5.41, 5.74) is 7.96. The van der Waals surface area contributed by atoms with Crippen molar-refractivity contribution in [1.29, 1.82) is 0 Å². The molecule has 3 heteroatoms. The number of fused-ring (bicyclic) bond motifs is 1. The Hall–Kier alpha value is -2.78. The molecule has 0 unspecified atom stereocenters. The lowest BCUT2D eigenvalue weighted by Gasteiger charge is -2.16. The molecule has 0 amide bonds. The summed E-state index contributed by atoms with van der Waals surface area (Å²) in [5.74, 6) is 0.722. The number of hydrogen-bond acceptors (Lipinski definition) is 3. The van der Waals surface area contributed by atoms with Crippen LogP contribution in [-0.4, -0.2) is 0 Å². The molecule has 1 aromatic heterocycles. The van der Waals surface area contributed by atoms with Crippen LogP contribution >= 0.6 is 12.6 Å². The maximum absolute atomic E-state index is 12.2. The van der Waals surface area contributed by atoms with Crippen LogP contribution in [0, 0.1) is 13.8 Å². The minimum atomic E-state index is -0.328. The molecule has 0 aliphatic rings. The maximum Gasteiger partial charge on any atom is 0.336 e. The highest BCUT2D eigenvalue weighted by molar-refractivity contribution is 7.79. The van der Waals surface area contributed by atoms with E-state index in [1.165, 1.54) is 11.1 Å². The molecular weight excluding hydrogens is 352 g/mol. The van der Waals surface area contributed by atoms with Crippen molar-refractivity contribution in [3.63, 3.8) is 0 Å². The number of rotatable bonds is 3. The van der Waals surface area contributed by atoms with Gasteiger partial charge in [-0.15, -0.1) is 0 Å². The highest BCUT2D eigenvalue weighted by Gasteiger charge is 2.16. The van der Waals surface area contributed by atoms with E-state index in [-0.39, 0.29) is 5.63 Å². The first-order chi connectivity index (χ1) is 13.1. The predicted molar refractivity (Wildman–Crippen MR) is 116 cm³/mol. The van der Waals surface area contributed by atoms with Crippen molar-refractivity contribution >= 4 is 23.6 Å². The molecule has 27 heavy (non-hydrogen) atoms. The van der Waals surface area contributed by atoms with Crippen LogP contribution in [0.2, 0.25) is 0 Å². The van der Waals surface area contributed by atoms with E-state index in [9.17, 15) is 4.79 Å². The fourth-order valence-corrected chi connectivity index (χ4v) is 3.97. The molecule has 0 spiro atoms. The number of benzene rings is 3. The second-order valence-electron chi connectivity index (χ2n) is 6.77. The molecular formula is C24H20O2S. The van der Waals surface area contributed by atoms with Crippen LogP contribution in [0.15, 0.2) is 75.9 Å². The predicted octanol–water partition coefficient (Wildman–Crippen LogP) is 6.17. The van der Waals surface area contributed by atoms with Crippen molar-refractivity contribution in [2.75, 3.05) is 0 Å². The minimum absolute atomic E-state index is 0.328. The first kappa shape index (κ1) is 17.6. The monoisotopic (exact) mass is 372 g/mol. The first-order valence-corrected chi connectivity index (χ1v) is 9.55. The number of aryl methyl sites for hydroxylation is 2. The van der Waals surface area contributed by atoms with Gasteiger partial charge in [0.25, 0.3) is 0 Å². The third-order valence-electron chi connectivity index (χ3n) is 4.99. The minimum Gasteiger partial charge on any atom is -0.423 e. The quantitative estimate of drug-likeness (QED) is 0.344. The highest BCUT2D eigenvalue weighted by Crippen LogP contribution is 2.37. The SMILES string of the molecule is Cc1cc2oc(=O)cc(-c3ccccc3)c2c(C)c1-c1ccc(CS)cc1. The smallest absolute Gasteiger partial charge is 0.336 e. The van der Waals surface area contributed by atoms with Crippen LogP contribution in [0.5, 0.6) is 0 Å². The zero-order chi connectivity index (χ0) is 19.0. The molecule has 4 aromatic rings. The summed E-state index contributed by atoms with van der Waals surface area (Å²) >= 11 is 4.34. The molecule has 134 valence electrons. The van der Waals surface area contributed by atoms with E-state index in [1.807, 2.05) is 36.4 Å². The average Bonchev–Trinajstić information content (AvgIpc) is 2.68. The summed E-state index contributed by atoms with van der Waals surface area (Å²) in [6.07, 6.45) is 0. The van der Waals surface area contributed by atoms with Gasteiger partial charge in [-0.2, -0.15) is 12.6 Å². The largest absolute Gasteiger partial charge is 0.423 e. The van der Waals surface area contributed by atoms with Crippen molar-refractivity contribution in [3.05, 3.63) is 93.8 Å². The highest BCUT2D eigenvalue weighted by atomic mass is 32.1. The van der Waals surface area contributed by atoms with Crippen LogP contribution in [0.4, 0.5) is 0 Å². The summed E-state index contributed by atoms with van der Waals surface area (Å²) < 4.78 is 5.55. The molecule has 4 rings (SSSR count). The van der Waals surface area contributed by atoms with Gasteiger partial charge in [-0.3, -0.25) is 0 Å². The molecule has 0 bridgehead atoms. The summed E-state index contributed by atoms with van der Waals surface area (Å²) in [5, 5.41) is 0.986. The van der Waals surface area contributed by atoms with E-state index in [0.717, 1.165) is 39.0 Å². The van der Waals surface area contributed by atoms with Gasteiger partial charge in [0.05, 0.1) is 0 Å². The lowest BCUT2D eigenvalue weighted by Crippen LogP contribution is -2.01. The fourth-order valence-electron chi connectivity index (χ4n) is 3.76. The Morgan fingerprint density at radius 3 is 2.26 bits per heavy atom. The van der Waals surface area contributed by atoms with Crippen molar-refractivity contribution < 1.29 is 4.42 Å². The molecule has 2 nitrogen and oxygen atoms in total. The molecule has 1 heterocycles. The Kier molecular flexibility index (Phi) is 4.63. The van der Waals surface area contributed by atoms with Gasteiger partial charge < -0.3 is 4.42 Å². The molecule has 0 atom stereocenters. The molecule has 3 aromatic carbocycles. The second kappa shape index (κ2) is 7.09. The normalized spacial score (nSPS) is 11.1. The van der Waals surface area contributed by atoms with Gasteiger partial charge in [-0.1, -0.05) is 54.6 Å². The standard InChI is InChI=1S/C24H20O2S/c1-15-12-21-24(16(2)23(15)19-10-8-17(14-27)9-11-19)20(13-22(25)26-21)18-6-4-3-5-7-18/h3-13,27H,14H2,1-2H3. The molecule has 0 aliphatic heterocycles. The Morgan fingerprint density at radius 1 is 0.889 bits per heavy atom. The van der Waals surface area contributed by atoms with Gasteiger partial charge in [0.15, 0.2) is 0 Å². The lowest BCUT2D eigenvalue weighted by molar-refractivity contribution is 0.561. The fraction of sp³-hybridized carbons (Fsp3) is 0.125. The summed E-state index contributed by atoms with van der Waals surface area (Å²) in [4.78, 5) is 12.2. The van der Waals surface area contributed by atoms with Crippen LogP contribution in [-0.2, 0) is 5.75 Å². The zero-order valence-electron chi connectivity index (χ0n) is 15.3. The van der Waals surface area contributed by atoms with Gasteiger partial charge in [0.1, 0.15) is 5.58 Å². The summed E-state index contributed by atoms with van der Waals surface area (Å²) in [6, 6.07) is 22.0.